The van der Waals surface area contributed by atoms with Gasteiger partial charge < -0.3 is 54.3 Å². The summed E-state index contributed by atoms with van der Waals surface area (Å²) in [6.45, 7) is 2.54. The summed E-state index contributed by atoms with van der Waals surface area (Å²) in [7, 11) is 0. The quantitative estimate of drug-likeness (QED) is 0.168. The Kier molecular flexibility index (Phi) is 9.62. The smallest absolute Gasteiger partial charge is 0.309 e. The molecule has 0 spiro atoms. The van der Waals surface area contributed by atoms with Gasteiger partial charge in [0.15, 0.2) is 12.6 Å². The van der Waals surface area contributed by atoms with E-state index in [1.807, 2.05) is 13.0 Å². The molecule has 1 aliphatic carbocycles. The third-order valence-electron chi connectivity index (χ3n) is 8.02. The molecule has 12 nitrogen and oxygen atoms in total. The highest BCUT2D eigenvalue weighted by Gasteiger charge is 2.50. The minimum atomic E-state index is -1.88. The van der Waals surface area contributed by atoms with Gasteiger partial charge in [0.1, 0.15) is 42.2 Å². The molecule has 3 aliphatic heterocycles. The summed E-state index contributed by atoms with van der Waals surface area (Å²) >= 11 is 0. The van der Waals surface area contributed by atoms with Crippen LogP contribution in [0.3, 0.4) is 0 Å². The molecule has 0 aromatic carbocycles. The fraction of sp³-hybridized carbons (Fsp3) is 0.808. The van der Waals surface area contributed by atoms with E-state index in [0.717, 1.165) is 24.8 Å². The molecule has 216 valence electrons. The van der Waals surface area contributed by atoms with Crippen molar-refractivity contribution in [2.45, 2.75) is 94.3 Å². The maximum atomic E-state index is 12.2. The lowest BCUT2D eigenvalue weighted by atomic mass is 9.84. The molecule has 3 heterocycles. The Bertz CT molecular complexity index is 891. The number of carbonyl (C=O) groups excluding carboxylic acids is 1. The fourth-order valence-electron chi connectivity index (χ4n) is 5.30. The number of aliphatic hydroxyl groups excluding tert-OH is 5. The van der Waals surface area contributed by atoms with Crippen molar-refractivity contribution in [3.8, 4) is 0 Å². The number of ether oxygens (including phenoxy) is 5. The van der Waals surface area contributed by atoms with Gasteiger partial charge in [-0.3, -0.25) is 4.79 Å². The van der Waals surface area contributed by atoms with Crippen LogP contribution in [0.2, 0.25) is 0 Å². The lowest BCUT2D eigenvalue weighted by Crippen LogP contribution is -2.59. The highest BCUT2D eigenvalue weighted by atomic mass is 16.7. The van der Waals surface area contributed by atoms with Crippen LogP contribution in [-0.4, -0.2) is 118 Å². The number of fused-ring (bicyclic) bond motifs is 1. The van der Waals surface area contributed by atoms with Crippen molar-refractivity contribution in [1.82, 2.24) is 0 Å². The molecule has 0 bridgehead atoms. The molecule has 0 saturated carbocycles. The fourth-order valence-corrected chi connectivity index (χ4v) is 5.30. The average molecular weight is 545 g/mol. The van der Waals surface area contributed by atoms with Crippen molar-refractivity contribution in [3.63, 3.8) is 0 Å². The molecule has 0 aromatic rings. The molecular formula is C26H40O12. The van der Waals surface area contributed by atoms with Crippen molar-refractivity contribution in [1.29, 1.82) is 0 Å². The molecule has 3 saturated heterocycles. The third kappa shape index (κ3) is 6.30. The van der Waals surface area contributed by atoms with Crippen molar-refractivity contribution >= 4 is 5.97 Å². The Hall–Kier alpha value is -1.45. The maximum Gasteiger partial charge on any atom is 0.309 e. The van der Waals surface area contributed by atoms with E-state index in [1.54, 1.807) is 0 Å². The lowest BCUT2D eigenvalue weighted by Gasteiger charge is -2.40. The third-order valence-corrected chi connectivity index (χ3v) is 8.02. The molecule has 12 heteroatoms. The van der Waals surface area contributed by atoms with Gasteiger partial charge in [0, 0.05) is 5.92 Å². The van der Waals surface area contributed by atoms with Gasteiger partial charge in [0.2, 0.25) is 0 Å². The van der Waals surface area contributed by atoms with Gasteiger partial charge in [-0.05, 0) is 44.3 Å². The van der Waals surface area contributed by atoms with E-state index < -0.39 is 55.3 Å². The van der Waals surface area contributed by atoms with Gasteiger partial charge >= 0.3 is 5.97 Å². The zero-order chi connectivity index (χ0) is 27.6. The van der Waals surface area contributed by atoms with Crippen LogP contribution < -0.4 is 0 Å². The topological polar surface area (TPSA) is 185 Å². The van der Waals surface area contributed by atoms with E-state index in [0.29, 0.717) is 6.42 Å². The van der Waals surface area contributed by atoms with Gasteiger partial charge in [0.05, 0.1) is 32.3 Å². The zero-order valence-corrected chi connectivity index (χ0v) is 21.7. The summed E-state index contributed by atoms with van der Waals surface area (Å²) in [4.78, 5) is 12.2. The van der Waals surface area contributed by atoms with Crippen LogP contribution in [0.15, 0.2) is 23.3 Å². The van der Waals surface area contributed by atoms with E-state index in [9.17, 15) is 35.4 Å². The van der Waals surface area contributed by atoms with E-state index in [1.165, 1.54) is 5.57 Å². The largest absolute Gasteiger partial charge is 0.458 e. The monoisotopic (exact) mass is 544 g/mol. The van der Waals surface area contributed by atoms with Gasteiger partial charge in [-0.15, -0.1) is 0 Å². The van der Waals surface area contributed by atoms with Crippen molar-refractivity contribution < 1.29 is 59.1 Å². The molecule has 4 aliphatic rings. The summed E-state index contributed by atoms with van der Waals surface area (Å²) in [6.07, 6.45) is -3.14. The second-order valence-electron chi connectivity index (χ2n) is 10.9. The van der Waals surface area contributed by atoms with Crippen LogP contribution in [0.4, 0.5) is 0 Å². The first-order chi connectivity index (χ1) is 18.0. The summed E-state index contributed by atoms with van der Waals surface area (Å²) in [5, 5.41) is 60.8. The first-order valence-corrected chi connectivity index (χ1v) is 13.2. The van der Waals surface area contributed by atoms with E-state index in [4.69, 9.17) is 23.7 Å². The summed E-state index contributed by atoms with van der Waals surface area (Å²) in [6, 6.07) is 0. The highest BCUT2D eigenvalue weighted by Crippen LogP contribution is 2.35. The summed E-state index contributed by atoms with van der Waals surface area (Å²) in [5.41, 5.74) is 0.222. The number of aliphatic hydroxyl groups is 6. The number of esters is 1. The first kappa shape index (κ1) is 29.5. The minimum absolute atomic E-state index is 0.0359. The predicted molar refractivity (Wildman–Crippen MR) is 129 cm³/mol. The van der Waals surface area contributed by atoms with Crippen molar-refractivity contribution in [2.75, 3.05) is 26.4 Å². The van der Waals surface area contributed by atoms with E-state index in [-0.39, 0.29) is 43.7 Å². The standard InChI is InChI=1S/C26H40O12/c1-13-4-3-5-15(8-17-16(7-6-13)14(2)23(32)37-17)9-34-24-21(30)20(29)19(28)18(38-24)10-35-25-22(31)26(33,11-27)12-36-25/h4,8,14,16-22,24-25,27-31,33H,3,5-7,9-12H2,1-2H3/t14-,16-,17+,18+,19+,20-,21+,22-,24+,25+,26+/m0/s1. The Balaban J connectivity index is 1.39. The molecule has 0 aromatic heterocycles. The number of carbonyl (C=O) groups is 1. The van der Waals surface area contributed by atoms with Crippen LogP contribution in [0, 0.1) is 11.8 Å². The van der Waals surface area contributed by atoms with E-state index in [2.05, 4.69) is 13.0 Å². The molecule has 6 N–H and O–H groups in total. The maximum absolute atomic E-state index is 12.2. The molecular weight excluding hydrogens is 504 g/mol. The first-order valence-electron chi connectivity index (χ1n) is 13.2. The molecule has 11 atom stereocenters. The van der Waals surface area contributed by atoms with Crippen LogP contribution in [0.5, 0.6) is 0 Å². The number of hydrogen-bond donors (Lipinski definition) is 6. The van der Waals surface area contributed by atoms with Gasteiger partial charge in [0.25, 0.3) is 0 Å². The van der Waals surface area contributed by atoms with Gasteiger partial charge in [-0.2, -0.15) is 0 Å². The number of hydrogen-bond acceptors (Lipinski definition) is 12. The second-order valence-corrected chi connectivity index (χ2v) is 10.9. The molecule has 3 fully saturated rings. The van der Waals surface area contributed by atoms with Crippen LogP contribution in [-0.2, 0) is 28.5 Å². The summed E-state index contributed by atoms with van der Waals surface area (Å²) < 4.78 is 27.8. The summed E-state index contributed by atoms with van der Waals surface area (Å²) in [5.74, 6) is -0.384. The number of allylic oxidation sites excluding steroid dienone is 2. The molecule has 38 heavy (non-hydrogen) atoms. The molecule has 0 unspecified atom stereocenters. The van der Waals surface area contributed by atoms with E-state index >= 15 is 0 Å². The van der Waals surface area contributed by atoms with Gasteiger partial charge in [-0.25, -0.2) is 0 Å². The van der Waals surface area contributed by atoms with Crippen LogP contribution in [0.25, 0.3) is 0 Å². The number of rotatable bonds is 7. The predicted octanol–water partition coefficient (Wildman–Crippen LogP) is -1.11. The molecule has 0 amide bonds. The average Bonchev–Trinajstić information content (AvgIpc) is 3.34. The van der Waals surface area contributed by atoms with Gasteiger partial charge in [-0.1, -0.05) is 18.6 Å². The lowest BCUT2D eigenvalue weighted by molar-refractivity contribution is -0.307. The SMILES string of the molecule is CC1=CCCC(CO[C@@H]2O[C@H](CO[C@@H]3OC[C@](O)(CO)[C@H]3O)[C@@H](O)[C@H](O)[C@H]2O)=C[C@H]2OC(=O)[C@@H](C)[C@@H]2CC1. The molecule has 4 rings (SSSR count). The minimum Gasteiger partial charge on any atom is -0.458 e. The Morgan fingerprint density at radius 2 is 1.84 bits per heavy atom. The van der Waals surface area contributed by atoms with Crippen molar-refractivity contribution in [3.05, 3.63) is 23.3 Å². The molecule has 0 radical (unpaired) electrons. The normalized spacial score (nSPS) is 44.3. The van der Waals surface area contributed by atoms with Crippen molar-refractivity contribution in [2.24, 2.45) is 11.8 Å². The Morgan fingerprint density at radius 3 is 2.55 bits per heavy atom. The highest BCUT2D eigenvalue weighted by molar-refractivity contribution is 5.75. The Labute approximate surface area is 221 Å². The van der Waals surface area contributed by atoms with Crippen LogP contribution in [0.1, 0.15) is 39.5 Å². The Morgan fingerprint density at radius 1 is 1.08 bits per heavy atom. The zero-order valence-electron chi connectivity index (χ0n) is 21.7. The van der Waals surface area contributed by atoms with Crippen LogP contribution >= 0.6 is 0 Å². The second kappa shape index (κ2) is 12.4.